The average Bonchev–Trinajstić information content (AvgIpc) is 2.17. The van der Waals surface area contributed by atoms with Gasteiger partial charge in [0, 0.05) is 0 Å². The van der Waals surface area contributed by atoms with Crippen molar-refractivity contribution in [3.05, 3.63) is 35.5 Å². The highest BCUT2D eigenvalue weighted by molar-refractivity contribution is 5.03. The van der Waals surface area contributed by atoms with Gasteiger partial charge in [0.2, 0.25) is 0 Å². The van der Waals surface area contributed by atoms with Crippen LogP contribution in [0.15, 0.2) is 35.5 Å². The summed E-state index contributed by atoms with van der Waals surface area (Å²) in [7, 11) is 0. The first-order chi connectivity index (χ1) is 7.56. The zero-order valence-electron chi connectivity index (χ0n) is 11.6. The van der Waals surface area contributed by atoms with Crippen molar-refractivity contribution in [1.29, 1.82) is 0 Å². The fraction of sp³-hybridized carbons (Fsp3) is 0.625. The standard InChI is InChI=1S/C16H28/c1-6-9-15(4)12-8-13-16(5)11-7-10-14(2)3/h9,13H,2,6-8,10-12H2,1,3-5H3. The van der Waals surface area contributed by atoms with Gasteiger partial charge in [-0.25, -0.2) is 0 Å². The van der Waals surface area contributed by atoms with Gasteiger partial charge in [0.1, 0.15) is 0 Å². The van der Waals surface area contributed by atoms with Gasteiger partial charge in [-0.2, -0.15) is 0 Å². The van der Waals surface area contributed by atoms with Crippen LogP contribution < -0.4 is 0 Å². The lowest BCUT2D eigenvalue weighted by molar-refractivity contribution is 0.798. The maximum Gasteiger partial charge on any atom is -0.0288 e. The SMILES string of the molecule is C=C(C)CCCC(C)=CCCC(C)=CCC. The summed E-state index contributed by atoms with van der Waals surface area (Å²) in [6.07, 6.45) is 11.9. The van der Waals surface area contributed by atoms with E-state index in [0.29, 0.717) is 0 Å². The van der Waals surface area contributed by atoms with Crippen molar-refractivity contribution in [1.82, 2.24) is 0 Å². The molecule has 0 aromatic heterocycles. The van der Waals surface area contributed by atoms with E-state index in [0.717, 1.165) is 6.42 Å². The fourth-order valence-corrected chi connectivity index (χ4v) is 1.77. The van der Waals surface area contributed by atoms with Crippen LogP contribution in [-0.4, -0.2) is 0 Å². The maximum atomic E-state index is 3.93. The van der Waals surface area contributed by atoms with E-state index in [4.69, 9.17) is 0 Å². The van der Waals surface area contributed by atoms with Crippen molar-refractivity contribution < 1.29 is 0 Å². The topological polar surface area (TPSA) is 0 Å². The predicted octanol–water partition coefficient (Wildman–Crippen LogP) is 5.82. The van der Waals surface area contributed by atoms with Crippen molar-refractivity contribution in [3.8, 4) is 0 Å². The van der Waals surface area contributed by atoms with Gasteiger partial charge in [0.15, 0.2) is 0 Å². The second kappa shape index (κ2) is 9.45. The van der Waals surface area contributed by atoms with Crippen LogP contribution in [0.2, 0.25) is 0 Å². The summed E-state index contributed by atoms with van der Waals surface area (Å²) in [5.41, 5.74) is 4.36. The van der Waals surface area contributed by atoms with Crippen LogP contribution in [0.1, 0.15) is 66.2 Å². The summed E-state index contributed by atoms with van der Waals surface area (Å²) in [6.45, 7) is 12.7. The summed E-state index contributed by atoms with van der Waals surface area (Å²) in [6, 6.07) is 0. The molecule has 0 aliphatic heterocycles. The Labute approximate surface area is 102 Å². The van der Waals surface area contributed by atoms with Crippen LogP contribution in [-0.2, 0) is 0 Å². The van der Waals surface area contributed by atoms with E-state index in [1.54, 1.807) is 0 Å². The molecule has 0 amide bonds. The molecule has 0 saturated heterocycles. The minimum atomic E-state index is 1.16. The predicted molar refractivity (Wildman–Crippen MR) is 75.7 cm³/mol. The molecule has 16 heavy (non-hydrogen) atoms. The first-order valence-electron chi connectivity index (χ1n) is 6.52. The van der Waals surface area contributed by atoms with Crippen LogP contribution in [0.5, 0.6) is 0 Å². The van der Waals surface area contributed by atoms with Crippen molar-refractivity contribution >= 4 is 0 Å². The van der Waals surface area contributed by atoms with E-state index in [2.05, 4.69) is 46.4 Å². The normalized spacial score (nSPS) is 13.0. The summed E-state index contributed by atoms with van der Waals surface area (Å²) in [5, 5.41) is 0. The van der Waals surface area contributed by atoms with Crippen LogP contribution in [0.25, 0.3) is 0 Å². The van der Waals surface area contributed by atoms with E-state index in [9.17, 15) is 0 Å². The minimum Gasteiger partial charge on any atom is -0.100 e. The van der Waals surface area contributed by atoms with Crippen molar-refractivity contribution in [2.45, 2.75) is 66.2 Å². The minimum absolute atomic E-state index is 1.16. The zero-order chi connectivity index (χ0) is 12.4. The molecule has 0 unspecified atom stereocenters. The van der Waals surface area contributed by atoms with Gasteiger partial charge in [0.25, 0.3) is 0 Å². The van der Waals surface area contributed by atoms with Crippen molar-refractivity contribution in [2.75, 3.05) is 0 Å². The van der Waals surface area contributed by atoms with E-state index >= 15 is 0 Å². The molecule has 92 valence electrons. The molecular formula is C16H28. The van der Waals surface area contributed by atoms with E-state index in [-0.39, 0.29) is 0 Å². The third-order valence-electron chi connectivity index (χ3n) is 2.76. The molecule has 0 rings (SSSR count). The lowest BCUT2D eigenvalue weighted by Gasteiger charge is -2.02. The maximum absolute atomic E-state index is 3.93. The lowest BCUT2D eigenvalue weighted by Crippen LogP contribution is -1.82. The fourth-order valence-electron chi connectivity index (χ4n) is 1.77. The third-order valence-corrected chi connectivity index (χ3v) is 2.76. The zero-order valence-corrected chi connectivity index (χ0v) is 11.6. The van der Waals surface area contributed by atoms with Gasteiger partial charge in [-0.05, 0) is 59.3 Å². The largest absolute Gasteiger partial charge is 0.100 e. The number of hydrogen-bond donors (Lipinski definition) is 0. The molecule has 0 N–H and O–H groups in total. The Morgan fingerprint density at radius 3 is 2.12 bits per heavy atom. The molecule has 0 spiro atoms. The molecule has 0 radical (unpaired) electrons. The Kier molecular flexibility index (Phi) is 8.99. The van der Waals surface area contributed by atoms with Crippen LogP contribution in [0.3, 0.4) is 0 Å². The second-order valence-electron chi connectivity index (χ2n) is 4.86. The van der Waals surface area contributed by atoms with Gasteiger partial charge >= 0.3 is 0 Å². The average molecular weight is 220 g/mol. The monoisotopic (exact) mass is 220 g/mol. The highest BCUT2D eigenvalue weighted by Gasteiger charge is 1.93. The van der Waals surface area contributed by atoms with Gasteiger partial charge < -0.3 is 0 Å². The Morgan fingerprint density at radius 2 is 1.56 bits per heavy atom. The van der Waals surface area contributed by atoms with E-state index < -0.39 is 0 Å². The molecular weight excluding hydrogens is 192 g/mol. The van der Waals surface area contributed by atoms with Gasteiger partial charge in [-0.3, -0.25) is 0 Å². The highest BCUT2D eigenvalue weighted by Crippen LogP contribution is 2.13. The summed E-state index contributed by atoms with van der Waals surface area (Å²) < 4.78 is 0. The Morgan fingerprint density at radius 1 is 0.938 bits per heavy atom. The summed E-state index contributed by atoms with van der Waals surface area (Å²) in [4.78, 5) is 0. The Bertz CT molecular complexity index is 253. The molecule has 0 heterocycles. The molecule has 0 aliphatic rings. The Balaban J connectivity index is 3.70. The van der Waals surface area contributed by atoms with Crippen molar-refractivity contribution in [2.24, 2.45) is 0 Å². The quantitative estimate of drug-likeness (QED) is 0.452. The van der Waals surface area contributed by atoms with Crippen LogP contribution in [0.4, 0.5) is 0 Å². The van der Waals surface area contributed by atoms with Crippen molar-refractivity contribution in [3.63, 3.8) is 0 Å². The van der Waals surface area contributed by atoms with E-state index in [1.807, 2.05) is 0 Å². The molecule has 0 nitrogen and oxygen atoms in total. The summed E-state index contributed by atoms with van der Waals surface area (Å²) >= 11 is 0. The molecule has 0 saturated carbocycles. The molecule has 0 atom stereocenters. The molecule has 0 aromatic carbocycles. The second-order valence-corrected chi connectivity index (χ2v) is 4.86. The molecule has 0 heteroatoms. The Hall–Kier alpha value is -0.780. The first kappa shape index (κ1) is 15.2. The smallest absolute Gasteiger partial charge is 0.0288 e. The number of allylic oxidation sites excluding steroid dienone is 5. The van der Waals surface area contributed by atoms with Crippen LogP contribution >= 0.6 is 0 Å². The van der Waals surface area contributed by atoms with Gasteiger partial charge in [-0.1, -0.05) is 35.8 Å². The van der Waals surface area contributed by atoms with E-state index in [1.165, 1.54) is 48.8 Å². The molecule has 0 fully saturated rings. The van der Waals surface area contributed by atoms with Gasteiger partial charge in [-0.15, -0.1) is 6.58 Å². The summed E-state index contributed by atoms with van der Waals surface area (Å²) in [5.74, 6) is 0. The first-order valence-corrected chi connectivity index (χ1v) is 6.52. The number of hydrogen-bond acceptors (Lipinski definition) is 0. The van der Waals surface area contributed by atoms with Gasteiger partial charge in [0.05, 0.1) is 0 Å². The molecule has 0 aliphatic carbocycles. The van der Waals surface area contributed by atoms with Crippen LogP contribution in [0, 0.1) is 0 Å². The molecule has 0 aromatic rings. The highest BCUT2D eigenvalue weighted by atomic mass is 14.0. The molecule has 0 bridgehead atoms. The third kappa shape index (κ3) is 9.76. The number of rotatable bonds is 8. The lowest BCUT2D eigenvalue weighted by atomic mass is 10.0.